The first kappa shape index (κ1) is 27.8. The normalized spacial score (nSPS) is 9.48. The van der Waals surface area contributed by atoms with Gasteiger partial charge in [0, 0.05) is 0 Å². The van der Waals surface area contributed by atoms with Crippen LogP contribution in [-0.2, 0) is 16.5 Å². The molecule has 0 N–H and O–H groups in total. The van der Waals surface area contributed by atoms with Gasteiger partial charge in [-0.2, -0.15) is 0 Å². The van der Waals surface area contributed by atoms with E-state index >= 15 is 0 Å². The molecular weight excluding hydrogens is 323 g/mol. The maximum atomic E-state index is 5.27. The van der Waals surface area contributed by atoms with Crippen molar-refractivity contribution in [2.24, 2.45) is 0 Å². The van der Waals surface area contributed by atoms with Gasteiger partial charge in [-0.3, -0.25) is 12.2 Å². The monoisotopic (exact) mass is 364 g/mol. The maximum absolute atomic E-state index is 5.27. The Morgan fingerprint density at radius 3 is 1.00 bits per heavy atom. The molecule has 0 amide bonds. The van der Waals surface area contributed by atoms with Crippen LogP contribution in [0.2, 0.25) is 0 Å². The summed E-state index contributed by atoms with van der Waals surface area (Å²) in [6.07, 6.45) is 25.0. The van der Waals surface area contributed by atoms with Gasteiger partial charge in [-0.1, -0.05) is 117 Å². The minimum absolute atomic E-state index is 0. The Balaban J connectivity index is -0.000000333. The molecule has 1 heteroatoms. The second kappa shape index (κ2) is 29.9. The fourth-order valence-electron chi connectivity index (χ4n) is 2.44. The van der Waals surface area contributed by atoms with Gasteiger partial charge in [0.15, 0.2) is 0 Å². The van der Waals surface area contributed by atoms with Crippen molar-refractivity contribution in [1.82, 2.24) is 0 Å². The number of hydrogen-bond donors (Lipinski definition) is 0. The largest absolute Gasteiger partial charge is 2.00 e. The molecule has 0 rings (SSSR count). The van der Waals surface area contributed by atoms with Crippen LogP contribution in [0.4, 0.5) is 0 Å². The SMILES string of the molecule is [CH-]=CCCCCCCCCC.[CH-]=CCCCCCCCCC.[Ni+2]. The van der Waals surface area contributed by atoms with E-state index < -0.39 is 0 Å². The summed E-state index contributed by atoms with van der Waals surface area (Å²) in [5.74, 6) is 0. The van der Waals surface area contributed by atoms with E-state index in [0.717, 1.165) is 12.8 Å². The van der Waals surface area contributed by atoms with Gasteiger partial charge in [-0.15, -0.1) is 0 Å². The van der Waals surface area contributed by atoms with E-state index in [0.29, 0.717) is 0 Å². The van der Waals surface area contributed by atoms with Gasteiger partial charge >= 0.3 is 16.5 Å². The van der Waals surface area contributed by atoms with Crippen LogP contribution in [0.1, 0.15) is 117 Å². The summed E-state index contributed by atoms with van der Waals surface area (Å²) in [4.78, 5) is 0. The molecule has 0 saturated carbocycles. The van der Waals surface area contributed by atoms with Crippen LogP contribution in [0.15, 0.2) is 12.2 Å². The first-order valence-electron chi connectivity index (χ1n) is 9.90. The molecule has 0 spiro atoms. The molecule has 0 saturated heterocycles. The average Bonchev–Trinajstić information content (AvgIpc) is 2.54. The molecule has 0 unspecified atom stereocenters. The van der Waals surface area contributed by atoms with E-state index in [4.69, 9.17) is 13.2 Å². The standard InChI is InChI=1S/2C11H21.Ni/c2*1-3-5-7-9-11-10-8-6-4-2;/h2*1,3H,4-11H2,2H3;/q2*-1;+2. The third kappa shape index (κ3) is 34.4. The molecule has 0 nitrogen and oxygen atoms in total. The molecule has 0 aromatic carbocycles. The van der Waals surface area contributed by atoms with Crippen molar-refractivity contribution in [3.8, 4) is 0 Å². The molecule has 0 aliphatic carbocycles. The summed E-state index contributed by atoms with van der Waals surface area (Å²) in [6.45, 7) is 15.0. The van der Waals surface area contributed by atoms with Gasteiger partial charge in [0.25, 0.3) is 0 Å². The summed E-state index contributed by atoms with van der Waals surface area (Å²) in [7, 11) is 0. The van der Waals surface area contributed by atoms with E-state index in [1.165, 1.54) is 89.9 Å². The van der Waals surface area contributed by atoms with Crippen LogP contribution in [0.3, 0.4) is 0 Å². The maximum Gasteiger partial charge on any atom is 2.00 e. The van der Waals surface area contributed by atoms with Gasteiger partial charge in [0.05, 0.1) is 0 Å². The second-order valence-electron chi connectivity index (χ2n) is 6.29. The van der Waals surface area contributed by atoms with Crippen LogP contribution in [-0.4, -0.2) is 0 Å². The molecule has 0 aliphatic rings. The van der Waals surface area contributed by atoms with Gasteiger partial charge < -0.3 is 13.2 Å². The Morgan fingerprint density at radius 2 is 0.739 bits per heavy atom. The Kier molecular flexibility index (Phi) is 36.2. The van der Waals surface area contributed by atoms with Crippen LogP contribution in [0.5, 0.6) is 0 Å². The van der Waals surface area contributed by atoms with E-state index in [2.05, 4.69) is 13.8 Å². The fourth-order valence-corrected chi connectivity index (χ4v) is 2.44. The Labute approximate surface area is 158 Å². The smallest absolute Gasteiger partial charge is 0.518 e. The molecule has 0 bridgehead atoms. The summed E-state index contributed by atoms with van der Waals surface area (Å²) >= 11 is 0. The molecular formula is C22H42Ni. The number of hydrogen-bond acceptors (Lipinski definition) is 0. The second-order valence-corrected chi connectivity index (χ2v) is 6.29. The fraction of sp³-hybridized carbons (Fsp3) is 0.818. The van der Waals surface area contributed by atoms with Crippen LogP contribution in [0.25, 0.3) is 0 Å². The summed E-state index contributed by atoms with van der Waals surface area (Å²) in [5.41, 5.74) is 0. The van der Waals surface area contributed by atoms with E-state index in [1.54, 1.807) is 12.2 Å². The first-order valence-corrected chi connectivity index (χ1v) is 9.90. The first-order chi connectivity index (χ1) is 10.8. The molecule has 0 radical (unpaired) electrons. The van der Waals surface area contributed by atoms with Gasteiger partial charge in [0.2, 0.25) is 0 Å². The van der Waals surface area contributed by atoms with Gasteiger partial charge in [0.1, 0.15) is 0 Å². The molecule has 0 aliphatic heterocycles. The van der Waals surface area contributed by atoms with Crippen molar-refractivity contribution in [2.75, 3.05) is 0 Å². The predicted octanol–water partition coefficient (Wildman–Crippen LogP) is 8.23. The molecule has 0 heterocycles. The van der Waals surface area contributed by atoms with Crippen molar-refractivity contribution in [2.45, 2.75) is 117 Å². The van der Waals surface area contributed by atoms with Crippen molar-refractivity contribution >= 4 is 0 Å². The molecule has 0 aromatic heterocycles. The summed E-state index contributed by atoms with van der Waals surface area (Å²) in [6, 6.07) is 0. The Bertz CT molecular complexity index is 176. The third-order valence-electron chi connectivity index (χ3n) is 3.95. The zero-order chi connectivity index (χ0) is 16.7. The summed E-state index contributed by atoms with van der Waals surface area (Å²) in [5, 5.41) is 0. The van der Waals surface area contributed by atoms with E-state index in [-0.39, 0.29) is 16.5 Å². The van der Waals surface area contributed by atoms with Crippen LogP contribution in [0, 0.1) is 13.2 Å². The molecule has 0 aromatic rings. The molecule has 140 valence electrons. The van der Waals surface area contributed by atoms with Gasteiger partial charge in [-0.25, -0.2) is 0 Å². The number of allylic oxidation sites excluding steroid dienone is 2. The van der Waals surface area contributed by atoms with Crippen molar-refractivity contribution in [1.29, 1.82) is 0 Å². The minimum atomic E-state index is 0. The molecule has 23 heavy (non-hydrogen) atoms. The minimum Gasteiger partial charge on any atom is -0.518 e. The van der Waals surface area contributed by atoms with Crippen molar-refractivity contribution < 1.29 is 16.5 Å². The van der Waals surface area contributed by atoms with Crippen LogP contribution < -0.4 is 0 Å². The van der Waals surface area contributed by atoms with Gasteiger partial charge in [-0.05, 0) is 0 Å². The number of rotatable bonds is 16. The molecule has 0 atom stereocenters. The summed E-state index contributed by atoms with van der Waals surface area (Å²) < 4.78 is 0. The Morgan fingerprint density at radius 1 is 0.478 bits per heavy atom. The van der Waals surface area contributed by atoms with Crippen molar-refractivity contribution in [3.05, 3.63) is 25.3 Å². The molecule has 0 fully saturated rings. The quantitative estimate of drug-likeness (QED) is 0.147. The van der Waals surface area contributed by atoms with Crippen LogP contribution >= 0.6 is 0 Å². The number of unbranched alkanes of at least 4 members (excludes halogenated alkanes) is 14. The third-order valence-corrected chi connectivity index (χ3v) is 3.95. The zero-order valence-corrected chi connectivity index (χ0v) is 16.9. The zero-order valence-electron chi connectivity index (χ0n) is 15.9. The van der Waals surface area contributed by atoms with Crippen molar-refractivity contribution in [3.63, 3.8) is 0 Å². The topological polar surface area (TPSA) is 0 Å². The predicted molar refractivity (Wildman–Crippen MR) is 103 cm³/mol. The average molecular weight is 365 g/mol. The van der Waals surface area contributed by atoms with E-state index in [1.807, 2.05) is 0 Å². The Hall–Kier alpha value is -0.0265. The van der Waals surface area contributed by atoms with E-state index in [9.17, 15) is 0 Å².